The quantitative estimate of drug-likeness (QED) is 0.754. The molecule has 7 nitrogen and oxygen atoms in total. The van der Waals surface area contributed by atoms with Crippen LogP contribution in [0.5, 0.6) is 0 Å². The van der Waals surface area contributed by atoms with Gasteiger partial charge >= 0.3 is 12.0 Å². The first-order chi connectivity index (χ1) is 12.4. The highest BCUT2D eigenvalue weighted by Gasteiger charge is 2.20. The van der Waals surface area contributed by atoms with E-state index in [2.05, 4.69) is 5.10 Å². The third-order valence-corrected chi connectivity index (χ3v) is 4.40. The molecule has 134 valence electrons. The minimum absolute atomic E-state index is 0.000423. The topological polar surface area (TPSA) is 95.4 Å². The molecule has 7 heteroatoms. The van der Waals surface area contributed by atoms with Gasteiger partial charge in [0.25, 0.3) is 5.56 Å². The lowest BCUT2D eigenvalue weighted by Crippen LogP contribution is -2.39. The SMILES string of the molecule is CCN(Cc1ccccc1C)C(=O)n1[nH]c2ccc(C(=O)O)cc2c1=O. The van der Waals surface area contributed by atoms with E-state index < -0.39 is 17.6 Å². The van der Waals surface area contributed by atoms with Crippen molar-refractivity contribution in [3.8, 4) is 0 Å². The van der Waals surface area contributed by atoms with Crippen LogP contribution in [0.25, 0.3) is 10.9 Å². The Balaban J connectivity index is 1.97. The molecule has 0 spiro atoms. The number of carboxylic acid groups (broad SMARTS) is 1. The van der Waals surface area contributed by atoms with Crippen LogP contribution >= 0.6 is 0 Å². The van der Waals surface area contributed by atoms with Gasteiger partial charge in [0.1, 0.15) is 0 Å². The summed E-state index contributed by atoms with van der Waals surface area (Å²) in [6.07, 6.45) is 0. The van der Waals surface area contributed by atoms with Crippen LogP contribution in [0.1, 0.15) is 28.4 Å². The molecular weight excluding hydrogens is 334 g/mol. The van der Waals surface area contributed by atoms with Crippen molar-refractivity contribution in [3.05, 3.63) is 69.5 Å². The summed E-state index contributed by atoms with van der Waals surface area (Å²) < 4.78 is 0.929. The molecule has 0 bridgehead atoms. The molecule has 3 aromatic rings. The van der Waals surface area contributed by atoms with Crippen LogP contribution in [0.15, 0.2) is 47.3 Å². The summed E-state index contributed by atoms with van der Waals surface area (Å²) in [5.41, 5.74) is 1.92. The van der Waals surface area contributed by atoms with E-state index in [1.54, 1.807) is 4.90 Å². The van der Waals surface area contributed by atoms with Crippen molar-refractivity contribution in [2.45, 2.75) is 20.4 Å². The molecular formula is C19H19N3O4. The number of carbonyl (C=O) groups excluding carboxylic acids is 1. The van der Waals surface area contributed by atoms with Crippen molar-refractivity contribution in [2.24, 2.45) is 0 Å². The monoisotopic (exact) mass is 353 g/mol. The Hall–Kier alpha value is -3.35. The van der Waals surface area contributed by atoms with Gasteiger partial charge in [0.05, 0.1) is 16.5 Å². The Kier molecular flexibility index (Phi) is 4.62. The van der Waals surface area contributed by atoms with Gasteiger partial charge in [-0.05, 0) is 43.2 Å². The number of aryl methyl sites for hydroxylation is 1. The fourth-order valence-electron chi connectivity index (χ4n) is 2.83. The summed E-state index contributed by atoms with van der Waals surface area (Å²) >= 11 is 0. The number of amides is 1. The van der Waals surface area contributed by atoms with Crippen molar-refractivity contribution in [2.75, 3.05) is 6.54 Å². The fourth-order valence-corrected chi connectivity index (χ4v) is 2.83. The van der Waals surface area contributed by atoms with E-state index in [0.717, 1.165) is 15.8 Å². The van der Waals surface area contributed by atoms with Gasteiger partial charge in [-0.1, -0.05) is 24.3 Å². The maximum atomic E-state index is 12.8. The normalized spacial score (nSPS) is 10.8. The molecule has 0 unspecified atom stereocenters. The summed E-state index contributed by atoms with van der Waals surface area (Å²) in [5, 5.41) is 12.0. The minimum atomic E-state index is -1.12. The second-order valence-electron chi connectivity index (χ2n) is 6.04. The number of hydrogen-bond acceptors (Lipinski definition) is 3. The van der Waals surface area contributed by atoms with Gasteiger partial charge in [-0.2, -0.15) is 4.68 Å². The lowest BCUT2D eigenvalue weighted by atomic mass is 10.1. The van der Waals surface area contributed by atoms with E-state index in [1.165, 1.54) is 18.2 Å². The highest BCUT2D eigenvalue weighted by Crippen LogP contribution is 2.14. The molecule has 0 radical (unpaired) electrons. The number of hydrogen-bond donors (Lipinski definition) is 2. The van der Waals surface area contributed by atoms with Gasteiger partial charge in [-0.3, -0.25) is 9.89 Å². The van der Waals surface area contributed by atoms with E-state index in [1.807, 2.05) is 38.1 Å². The molecule has 0 saturated carbocycles. The fraction of sp³-hybridized carbons (Fsp3) is 0.211. The van der Waals surface area contributed by atoms with Crippen molar-refractivity contribution < 1.29 is 14.7 Å². The third kappa shape index (κ3) is 3.11. The first-order valence-electron chi connectivity index (χ1n) is 8.24. The van der Waals surface area contributed by atoms with Gasteiger partial charge in [0.15, 0.2) is 0 Å². The number of rotatable bonds is 4. The van der Waals surface area contributed by atoms with E-state index >= 15 is 0 Å². The molecule has 0 aliphatic heterocycles. The molecule has 2 N–H and O–H groups in total. The number of carbonyl (C=O) groups is 2. The predicted molar refractivity (Wildman–Crippen MR) is 97.6 cm³/mol. The molecule has 0 aliphatic rings. The zero-order valence-electron chi connectivity index (χ0n) is 14.5. The second kappa shape index (κ2) is 6.87. The first-order valence-corrected chi connectivity index (χ1v) is 8.24. The largest absolute Gasteiger partial charge is 0.478 e. The van der Waals surface area contributed by atoms with Gasteiger partial charge in [-0.25, -0.2) is 9.59 Å². The number of aromatic amines is 1. The summed E-state index contributed by atoms with van der Waals surface area (Å²) in [6, 6.07) is 11.4. The number of carboxylic acids is 1. The molecule has 1 heterocycles. The number of aromatic nitrogens is 2. The first kappa shape index (κ1) is 17.5. The molecule has 0 atom stereocenters. The zero-order chi connectivity index (χ0) is 18.8. The number of nitrogens with one attached hydrogen (secondary N) is 1. The van der Waals surface area contributed by atoms with Crippen molar-refractivity contribution in [3.63, 3.8) is 0 Å². The summed E-state index contributed by atoms with van der Waals surface area (Å²) in [7, 11) is 0. The smallest absolute Gasteiger partial charge is 0.346 e. The predicted octanol–water partition coefficient (Wildman–Crippen LogP) is 2.83. The van der Waals surface area contributed by atoms with Crippen molar-refractivity contribution >= 4 is 22.9 Å². The molecule has 2 aromatic carbocycles. The van der Waals surface area contributed by atoms with Crippen LogP contribution in [0.2, 0.25) is 0 Å². The average molecular weight is 353 g/mol. The number of nitrogens with zero attached hydrogens (tertiary/aromatic N) is 2. The number of benzene rings is 2. The van der Waals surface area contributed by atoms with E-state index in [-0.39, 0.29) is 10.9 Å². The summed E-state index contributed by atoms with van der Waals surface area (Å²) in [5.74, 6) is -1.12. The average Bonchev–Trinajstić information content (AvgIpc) is 2.96. The molecule has 3 rings (SSSR count). The molecule has 26 heavy (non-hydrogen) atoms. The van der Waals surface area contributed by atoms with E-state index in [4.69, 9.17) is 5.11 Å². The minimum Gasteiger partial charge on any atom is -0.478 e. The summed E-state index contributed by atoms with van der Waals surface area (Å²) in [6.45, 7) is 4.61. The summed E-state index contributed by atoms with van der Waals surface area (Å²) in [4.78, 5) is 38.1. The highest BCUT2D eigenvalue weighted by atomic mass is 16.4. The van der Waals surface area contributed by atoms with Gasteiger partial charge < -0.3 is 10.0 Å². The van der Waals surface area contributed by atoms with Crippen molar-refractivity contribution in [1.82, 2.24) is 14.7 Å². The van der Waals surface area contributed by atoms with Gasteiger partial charge in [0.2, 0.25) is 0 Å². The molecule has 1 amide bonds. The molecule has 0 fully saturated rings. The van der Waals surface area contributed by atoms with Crippen LogP contribution < -0.4 is 5.56 Å². The molecule has 0 aliphatic carbocycles. The molecule has 1 aromatic heterocycles. The van der Waals surface area contributed by atoms with E-state index in [0.29, 0.717) is 18.6 Å². The Morgan fingerprint density at radius 2 is 1.92 bits per heavy atom. The van der Waals surface area contributed by atoms with Gasteiger partial charge in [-0.15, -0.1) is 0 Å². The van der Waals surface area contributed by atoms with Crippen LogP contribution in [-0.2, 0) is 6.54 Å². The maximum absolute atomic E-state index is 12.8. The Morgan fingerprint density at radius 1 is 1.19 bits per heavy atom. The lowest BCUT2D eigenvalue weighted by molar-refractivity contribution is 0.0697. The van der Waals surface area contributed by atoms with Crippen LogP contribution in [0, 0.1) is 6.92 Å². The second-order valence-corrected chi connectivity index (χ2v) is 6.04. The van der Waals surface area contributed by atoms with Crippen LogP contribution in [0.4, 0.5) is 4.79 Å². The van der Waals surface area contributed by atoms with E-state index in [9.17, 15) is 14.4 Å². The van der Waals surface area contributed by atoms with Crippen molar-refractivity contribution in [1.29, 1.82) is 0 Å². The zero-order valence-corrected chi connectivity index (χ0v) is 14.5. The Labute approximate surface area is 149 Å². The number of H-pyrrole nitrogens is 1. The standard InChI is InChI=1S/C19H19N3O4/c1-3-21(11-14-7-5-4-6-12(14)2)19(26)22-17(23)15-10-13(18(24)25)8-9-16(15)20-22/h4-10,20H,3,11H2,1-2H3,(H,24,25). The van der Waals surface area contributed by atoms with Crippen LogP contribution in [0.3, 0.4) is 0 Å². The molecule has 0 saturated heterocycles. The number of aromatic carboxylic acids is 1. The maximum Gasteiger partial charge on any atom is 0.346 e. The number of fused-ring (bicyclic) bond motifs is 1. The Bertz CT molecular complexity index is 1050. The lowest BCUT2D eigenvalue weighted by Gasteiger charge is -2.21. The van der Waals surface area contributed by atoms with Gasteiger partial charge in [0, 0.05) is 13.1 Å². The third-order valence-electron chi connectivity index (χ3n) is 4.40. The Morgan fingerprint density at radius 3 is 2.58 bits per heavy atom. The highest BCUT2D eigenvalue weighted by molar-refractivity contribution is 5.94. The van der Waals surface area contributed by atoms with Crippen LogP contribution in [-0.4, -0.2) is 38.3 Å².